The van der Waals surface area contributed by atoms with Crippen LogP contribution in [0.5, 0.6) is 0 Å². The lowest BCUT2D eigenvalue weighted by Gasteiger charge is -2.37. The number of carboxylic acids is 1. The van der Waals surface area contributed by atoms with Crippen molar-refractivity contribution in [2.45, 2.75) is 31.7 Å². The topological polar surface area (TPSA) is 144 Å². The van der Waals surface area contributed by atoms with Crippen molar-refractivity contribution in [1.29, 1.82) is 0 Å². The molecular formula is C17H16N4O6. The number of nitro groups is 1. The molecule has 1 amide bonds. The summed E-state index contributed by atoms with van der Waals surface area (Å²) in [4.78, 5) is 46.8. The number of rotatable bonds is 5. The van der Waals surface area contributed by atoms with Gasteiger partial charge in [-0.2, -0.15) is 5.10 Å². The number of nitrogens with zero attached hydrogens (tertiary/aromatic N) is 3. The number of hydrogen-bond donors (Lipinski definition) is 2. The van der Waals surface area contributed by atoms with E-state index in [9.17, 15) is 29.6 Å². The van der Waals surface area contributed by atoms with Crippen LogP contribution in [0, 0.1) is 17.0 Å². The summed E-state index contributed by atoms with van der Waals surface area (Å²) in [6.07, 6.45) is 1.17. The third-order valence-corrected chi connectivity index (χ3v) is 4.60. The van der Waals surface area contributed by atoms with Gasteiger partial charge in [0.05, 0.1) is 4.92 Å². The van der Waals surface area contributed by atoms with E-state index in [-0.39, 0.29) is 24.2 Å². The van der Waals surface area contributed by atoms with E-state index in [0.717, 1.165) is 10.7 Å². The van der Waals surface area contributed by atoms with Crippen molar-refractivity contribution in [3.63, 3.8) is 0 Å². The average Bonchev–Trinajstić information content (AvgIpc) is 2.57. The Balaban J connectivity index is 2.06. The summed E-state index contributed by atoms with van der Waals surface area (Å²) in [6.45, 7) is 1.53. The number of carbonyl (C=O) groups excluding carboxylic acids is 1. The zero-order valence-corrected chi connectivity index (χ0v) is 14.3. The van der Waals surface area contributed by atoms with Crippen LogP contribution in [0.3, 0.4) is 0 Å². The second kappa shape index (κ2) is 6.63. The van der Waals surface area contributed by atoms with Crippen molar-refractivity contribution >= 4 is 17.6 Å². The number of nitrogens with one attached hydrogen (secondary N) is 1. The molecule has 0 aliphatic heterocycles. The van der Waals surface area contributed by atoms with Gasteiger partial charge in [0.2, 0.25) is 5.43 Å². The average molecular weight is 372 g/mol. The summed E-state index contributed by atoms with van der Waals surface area (Å²) < 4.78 is 1.13. The van der Waals surface area contributed by atoms with Crippen LogP contribution >= 0.6 is 0 Å². The highest BCUT2D eigenvalue weighted by molar-refractivity contribution is 5.96. The number of para-hydroxylation sites is 2. The molecule has 0 unspecified atom stereocenters. The van der Waals surface area contributed by atoms with Crippen LogP contribution in [0.2, 0.25) is 0 Å². The highest BCUT2D eigenvalue weighted by Crippen LogP contribution is 2.32. The van der Waals surface area contributed by atoms with E-state index in [4.69, 9.17) is 0 Å². The molecule has 0 saturated heterocycles. The fourth-order valence-electron chi connectivity index (χ4n) is 2.95. The van der Waals surface area contributed by atoms with E-state index in [1.807, 2.05) is 0 Å². The van der Waals surface area contributed by atoms with Gasteiger partial charge in [0.15, 0.2) is 5.69 Å². The Labute approximate surface area is 152 Å². The van der Waals surface area contributed by atoms with Crippen LogP contribution in [0.4, 0.5) is 5.69 Å². The maximum absolute atomic E-state index is 12.5. The second-order valence-corrected chi connectivity index (χ2v) is 6.35. The molecule has 0 spiro atoms. The molecule has 1 aliphatic carbocycles. The summed E-state index contributed by atoms with van der Waals surface area (Å²) in [6, 6.07) is 6.90. The van der Waals surface area contributed by atoms with Gasteiger partial charge in [-0.25, -0.2) is 9.48 Å². The minimum Gasteiger partial charge on any atom is -0.480 e. The number of benzene rings is 1. The first-order valence-electron chi connectivity index (χ1n) is 8.16. The molecule has 10 nitrogen and oxygen atoms in total. The smallest absolute Gasteiger partial charge is 0.329 e. The molecular weight excluding hydrogens is 356 g/mol. The first-order chi connectivity index (χ1) is 12.7. The number of aromatic nitrogens is 2. The highest BCUT2D eigenvalue weighted by Gasteiger charge is 2.46. The molecule has 2 N–H and O–H groups in total. The molecule has 1 fully saturated rings. The van der Waals surface area contributed by atoms with Crippen molar-refractivity contribution in [3.05, 3.63) is 62.1 Å². The Hall–Kier alpha value is -3.56. The van der Waals surface area contributed by atoms with Crippen LogP contribution in [0.1, 0.15) is 35.4 Å². The van der Waals surface area contributed by atoms with Gasteiger partial charge in [-0.3, -0.25) is 19.7 Å². The number of nitro benzene ring substituents is 1. The molecule has 1 saturated carbocycles. The molecule has 1 heterocycles. The Morgan fingerprint density at radius 2 is 2.00 bits per heavy atom. The van der Waals surface area contributed by atoms with Crippen molar-refractivity contribution in [2.24, 2.45) is 0 Å². The quantitative estimate of drug-likeness (QED) is 0.592. The van der Waals surface area contributed by atoms with E-state index >= 15 is 0 Å². The largest absolute Gasteiger partial charge is 0.480 e. The van der Waals surface area contributed by atoms with Crippen LogP contribution in [-0.4, -0.2) is 37.2 Å². The second-order valence-electron chi connectivity index (χ2n) is 6.35. The third-order valence-electron chi connectivity index (χ3n) is 4.60. The summed E-state index contributed by atoms with van der Waals surface area (Å²) in [5.41, 5.74) is -2.48. The minimum atomic E-state index is -1.40. The summed E-state index contributed by atoms with van der Waals surface area (Å²) in [5, 5.41) is 26.9. The van der Waals surface area contributed by atoms with Crippen LogP contribution < -0.4 is 10.7 Å². The number of aliphatic carboxylic acids is 1. The maximum Gasteiger partial charge on any atom is 0.329 e. The predicted octanol–water partition coefficient (Wildman–Crippen LogP) is 1.19. The molecule has 27 heavy (non-hydrogen) atoms. The standard InChI is InChI=1S/C17H16N4O6/c1-10-9-13(22)14(15(23)18-17(16(24)25)7-4-8-17)19-20(10)11-5-2-3-6-12(11)21(26)27/h2-3,5-6,9H,4,7-8H2,1H3,(H,18,23)(H,24,25). The molecule has 10 heteroatoms. The van der Waals surface area contributed by atoms with E-state index in [1.165, 1.54) is 25.1 Å². The molecule has 1 aliphatic rings. The number of carbonyl (C=O) groups is 2. The number of hydrogen-bond acceptors (Lipinski definition) is 6. The van der Waals surface area contributed by atoms with Gasteiger partial charge in [0.25, 0.3) is 11.6 Å². The molecule has 0 atom stereocenters. The zero-order valence-electron chi connectivity index (χ0n) is 14.3. The first-order valence-corrected chi connectivity index (χ1v) is 8.16. The number of amides is 1. The van der Waals surface area contributed by atoms with Crippen molar-refractivity contribution in [3.8, 4) is 5.69 Å². The molecule has 3 rings (SSSR count). The molecule has 0 radical (unpaired) electrons. The molecule has 2 aromatic rings. The summed E-state index contributed by atoms with van der Waals surface area (Å²) >= 11 is 0. The lowest BCUT2D eigenvalue weighted by molar-refractivity contribution is -0.384. The first kappa shape index (κ1) is 18.2. The lowest BCUT2D eigenvalue weighted by atomic mass is 9.76. The Bertz CT molecular complexity index is 1010. The van der Waals surface area contributed by atoms with Gasteiger partial charge >= 0.3 is 5.97 Å². The maximum atomic E-state index is 12.5. The molecule has 0 bridgehead atoms. The van der Waals surface area contributed by atoms with Crippen molar-refractivity contribution < 1.29 is 19.6 Å². The van der Waals surface area contributed by atoms with Crippen LogP contribution in [0.25, 0.3) is 5.69 Å². The minimum absolute atomic E-state index is 0.0886. The lowest BCUT2D eigenvalue weighted by Crippen LogP contribution is -2.59. The summed E-state index contributed by atoms with van der Waals surface area (Å²) in [7, 11) is 0. The number of carboxylic acid groups (broad SMARTS) is 1. The predicted molar refractivity (Wildman–Crippen MR) is 92.9 cm³/mol. The summed E-state index contributed by atoms with van der Waals surface area (Å²) in [5.74, 6) is -2.09. The third kappa shape index (κ3) is 3.16. The Morgan fingerprint density at radius 3 is 2.56 bits per heavy atom. The van der Waals surface area contributed by atoms with Gasteiger partial charge in [-0.15, -0.1) is 0 Å². The van der Waals surface area contributed by atoms with Gasteiger partial charge < -0.3 is 10.4 Å². The van der Waals surface area contributed by atoms with Crippen LogP contribution in [-0.2, 0) is 4.79 Å². The fraction of sp³-hybridized carbons (Fsp3) is 0.294. The van der Waals surface area contributed by atoms with Crippen molar-refractivity contribution in [2.75, 3.05) is 0 Å². The Kier molecular flexibility index (Phi) is 4.48. The Morgan fingerprint density at radius 1 is 1.33 bits per heavy atom. The van der Waals surface area contributed by atoms with Gasteiger partial charge in [0, 0.05) is 17.8 Å². The monoisotopic (exact) mass is 372 g/mol. The van der Waals surface area contributed by atoms with E-state index < -0.39 is 33.5 Å². The van der Waals surface area contributed by atoms with E-state index in [2.05, 4.69) is 10.4 Å². The molecule has 140 valence electrons. The number of aryl methyl sites for hydroxylation is 1. The molecule has 1 aromatic carbocycles. The van der Waals surface area contributed by atoms with Crippen LogP contribution in [0.15, 0.2) is 35.1 Å². The van der Waals surface area contributed by atoms with Gasteiger partial charge in [-0.05, 0) is 32.3 Å². The zero-order chi connectivity index (χ0) is 19.8. The SMILES string of the molecule is Cc1cc(=O)c(C(=O)NC2(C(=O)O)CCC2)nn1-c1ccccc1[N+](=O)[O-]. The fourth-order valence-corrected chi connectivity index (χ4v) is 2.95. The van der Waals surface area contributed by atoms with Crippen molar-refractivity contribution in [1.82, 2.24) is 15.1 Å². The van der Waals surface area contributed by atoms with E-state index in [1.54, 1.807) is 6.07 Å². The normalized spacial score (nSPS) is 14.9. The van der Waals surface area contributed by atoms with Gasteiger partial charge in [-0.1, -0.05) is 12.1 Å². The van der Waals surface area contributed by atoms with Gasteiger partial charge in [0.1, 0.15) is 11.2 Å². The van der Waals surface area contributed by atoms with E-state index in [0.29, 0.717) is 12.1 Å². The molecule has 1 aromatic heterocycles. The highest BCUT2D eigenvalue weighted by atomic mass is 16.6.